The summed E-state index contributed by atoms with van der Waals surface area (Å²) >= 11 is 9.18. The molecule has 0 aliphatic rings. The molecule has 15 heavy (non-hydrogen) atoms. The van der Waals surface area contributed by atoms with Crippen molar-refractivity contribution in [3.05, 3.63) is 21.6 Å². The van der Waals surface area contributed by atoms with Crippen LogP contribution >= 0.6 is 27.5 Å². The van der Waals surface area contributed by atoms with Crippen molar-refractivity contribution in [1.82, 2.24) is 0 Å². The zero-order chi connectivity index (χ0) is 11.4. The summed E-state index contributed by atoms with van der Waals surface area (Å²) in [5.41, 5.74) is 0.573. The highest BCUT2D eigenvalue weighted by atomic mass is 79.9. The molecule has 0 saturated heterocycles. The number of hydrogen-bond donors (Lipinski definition) is 1. The van der Waals surface area contributed by atoms with Crippen LogP contribution in [-0.4, -0.2) is 13.0 Å². The van der Waals surface area contributed by atoms with E-state index in [1.54, 1.807) is 19.1 Å². The number of benzene rings is 1. The molecule has 82 valence electrons. The number of hydrogen-bond acceptors (Lipinski definition) is 2. The molecule has 0 fully saturated rings. The predicted molar refractivity (Wildman–Crippen MR) is 64.6 cm³/mol. The molecule has 0 radical (unpaired) electrons. The Labute approximate surface area is 102 Å². The second-order valence-corrected chi connectivity index (χ2v) is 4.16. The first-order chi connectivity index (χ1) is 7.08. The fourth-order valence-corrected chi connectivity index (χ4v) is 2.07. The lowest BCUT2D eigenvalue weighted by molar-refractivity contribution is -0.115. The van der Waals surface area contributed by atoms with Crippen molar-refractivity contribution in [1.29, 1.82) is 0 Å². The van der Waals surface area contributed by atoms with E-state index >= 15 is 0 Å². The maximum absolute atomic E-state index is 11.2. The highest BCUT2D eigenvalue weighted by Gasteiger charge is 2.11. The van der Waals surface area contributed by atoms with Crippen molar-refractivity contribution >= 4 is 39.1 Å². The topological polar surface area (TPSA) is 38.3 Å². The largest absolute Gasteiger partial charge is 0.493 e. The van der Waals surface area contributed by atoms with E-state index in [9.17, 15) is 4.79 Å². The summed E-state index contributed by atoms with van der Waals surface area (Å²) < 4.78 is 5.87. The molecule has 1 aromatic carbocycles. The number of rotatable bonds is 3. The Morgan fingerprint density at radius 2 is 2.27 bits per heavy atom. The van der Waals surface area contributed by atoms with Crippen LogP contribution in [-0.2, 0) is 4.79 Å². The third kappa shape index (κ3) is 3.11. The van der Waals surface area contributed by atoms with Crippen LogP contribution in [0.3, 0.4) is 0 Å². The first-order valence-corrected chi connectivity index (χ1v) is 5.58. The van der Waals surface area contributed by atoms with Crippen LogP contribution in [0, 0.1) is 0 Å². The Kier molecular flexibility index (Phi) is 4.42. The molecule has 0 saturated carbocycles. The normalized spacial score (nSPS) is 9.87. The number of carbonyl (C=O) groups is 1. The fourth-order valence-electron chi connectivity index (χ4n) is 1.10. The van der Waals surface area contributed by atoms with Gasteiger partial charge in [0.2, 0.25) is 5.91 Å². The van der Waals surface area contributed by atoms with Gasteiger partial charge in [0.05, 0.1) is 17.3 Å². The molecule has 0 aromatic heterocycles. The predicted octanol–water partition coefficient (Wildman–Crippen LogP) is 3.46. The van der Waals surface area contributed by atoms with Crippen LogP contribution in [0.5, 0.6) is 5.75 Å². The minimum Gasteiger partial charge on any atom is -0.493 e. The van der Waals surface area contributed by atoms with E-state index in [0.29, 0.717) is 27.4 Å². The number of methoxy groups -OCH3 is 1. The third-order valence-corrected chi connectivity index (χ3v) is 2.61. The van der Waals surface area contributed by atoms with Crippen molar-refractivity contribution in [3.63, 3.8) is 0 Å². The lowest BCUT2D eigenvalue weighted by Gasteiger charge is -2.11. The summed E-state index contributed by atoms with van der Waals surface area (Å²) in [5, 5.41) is 3.25. The van der Waals surface area contributed by atoms with Crippen LogP contribution < -0.4 is 10.1 Å². The van der Waals surface area contributed by atoms with Crippen molar-refractivity contribution in [2.45, 2.75) is 13.3 Å². The van der Waals surface area contributed by atoms with Gasteiger partial charge in [-0.05, 0) is 28.1 Å². The van der Waals surface area contributed by atoms with Crippen LogP contribution in [0.2, 0.25) is 5.02 Å². The molecule has 0 aliphatic heterocycles. The molecule has 1 N–H and O–H groups in total. The number of amides is 1. The number of ether oxygens (including phenoxy) is 1. The maximum atomic E-state index is 11.2. The molecule has 1 aromatic rings. The Hall–Kier alpha value is -0.740. The second kappa shape index (κ2) is 5.37. The van der Waals surface area contributed by atoms with Gasteiger partial charge >= 0.3 is 0 Å². The number of halogens is 2. The Morgan fingerprint density at radius 3 is 2.80 bits per heavy atom. The molecule has 0 atom stereocenters. The first kappa shape index (κ1) is 12.3. The van der Waals surface area contributed by atoms with Gasteiger partial charge in [0.15, 0.2) is 5.75 Å². The zero-order valence-electron chi connectivity index (χ0n) is 8.43. The van der Waals surface area contributed by atoms with E-state index in [2.05, 4.69) is 21.2 Å². The van der Waals surface area contributed by atoms with Gasteiger partial charge in [-0.15, -0.1) is 0 Å². The highest BCUT2D eigenvalue weighted by molar-refractivity contribution is 9.10. The van der Waals surface area contributed by atoms with E-state index in [-0.39, 0.29) is 5.91 Å². The average molecular weight is 293 g/mol. The summed E-state index contributed by atoms with van der Waals surface area (Å²) in [6.07, 6.45) is 0.410. The van der Waals surface area contributed by atoms with Crippen LogP contribution in [0.15, 0.2) is 16.6 Å². The van der Waals surface area contributed by atoms with E-state index in [4.69, 9.17) is 16.3 Å². The quantitative estimate of drug-likeness (QED) is 0.926. The average Bonchev–Trinajstić information content (AvgIpc) is 2.17. The Balaban J connectivity index is 3.09. The minimum atomic E-state index is -0.0810. The molecule has 1 amide bonds. The molecule has 3 nitrogen and oxygen atoms in total. The maximum Gasteiger partial charge on any atom is 0.224 e. The monoisotopic (exact) mass is 291 g/mol. The van der Waals surface area contributed by atoms with Crippen LogP contribution in [0.1, 0.15) is 13.3 Å². The van der Waals surface area contributed by atoms with E-state index < -0.39 is 0 Å². The summed E-state index contributed by atoms with van der Waals surface area (Å²) in [5.74, 6) is 0.490. The summed E-state index contributed by atoms with van der Waals surface area (Å²) in [7, 11) is 1.54. The van der Waals surface area contributed by atoms with Gasteiger partial charge < -0.3 is 10.1 Å². The van der Waals surface area contributed by atoms with Gasteiger partial charge in [0.1, 0.15) is 0 Å². The smallest absolute Gasteiger partial charge is 0.224 e. The van der Waals surface area contributed by atoms with Gasteiger partial charge in [-0.3, -0.25) is 4.79 Å². The SMILES string of the molecule is CCC(=O)Nc1cc(Cl)cc(Br)c1OC. The molecule has 0 unspecified atom stereocenters. The Morgan fingerprint density at radius 1 is 1.60 bits per heavy atom. The third-order valence-electron chi connectivity index (χ3n) is 1.81. The van der Waals surface area contributed by atoms with Gasteiger partial charge in [-0.25, -0.2) is 0 Å². The number of carbonyl (C=O) groups excluding carboxylic acids is 1. The van der Waals surface area contributed by atoms with Crippen molar-refractivity contribution < 1.29 is 9.53 Å². The standard InChI is InChI=1S/C10H11BrClNO2/c1-3-9(14)13-8-5-6(12)4-7(11)10(8)15-2/h4-5H,3H2,1-2H3,(H,13,14). The van der Waals surface area contributed by atoms with Crippen molar-refractivity contribution in [2.75, 3.05) is 12.4 Å². The lowest BCUT2D eigenvalue weighted by atomic mass is 10.3. The lowest BCUT2D eigenvalue weighted by Crippen LogP contribution is -2.10. The van der Waals surface area contributed by atoms with Crippen LogP contribution in [0.25, 0.3) is 0 Å². The molecule has 0 bridgehead atoms. The van der Waals surface area contributed by atoms with Crippen molar-refractivity contribution in [2.24, 2.45) is 0 Å². The number of nitrogens with one attached hydrogen (secondary N) is 1. The molecule has 0 aliphatic carbocycles. The first-order valence-electron chi connectivity index (χ1n) is 4.41. The van der Waals surface area contributed by atoms with Crippen LogP contribution in [0.4, 0.5) is 5.69 Å². The molecular formula is C10H11BrClNO2. The van der Waals surface area contributed by atoms with E-state index in [1.165, 1.54) is 7.11 Å². The molecule has 5 heteroatoms. The van der Waals surface area contributed by atoms with E-state index in [0.717, 1.165) is 0 Å². The highest BCUT2D eigenvalue weighted by Crippen LogP contribution is 2.36. The van der Waals surface area contributed by atoms with Gasteiger partial charge in [-0.2, -0.15) is 0 Å². The number of anilines is 1. The molecular weight excluding hydrogens is 281 g/mol. The fraction of sp³-hybridized carbons (Fsp3) is 0.300. The molecule has 0 spiro atoms. The molecule has 0 heterocycles. The van der Waals surface area contributed by atoms with Gasteiger partial charge in [-0.1, -0.05) is 18.5 Å². The summed E-state index contributed by atoms with van der Waals surface area (Å²) in [4.78, 5) is 11.2. The summed E-state index contributed by atoms with van der Waals surface area (Å²) in [6.45, 7) is 1.78. The van der Waals surface area contributed by atoms with Gasteiger partial charge in [0.25, 0.3) is 0 Å². The second-order valence-electron chi connectivity index (χ2n) is 2.87. The van der Waals surface area contributed by atoms with Crippen molar-refractivity contribution in [3.8, 4) is 5.75 Å². The Bertz CT molecular complexity index is 382. The zero-order valence-corrected chi connectivity index (χ0v) is 10.8. The van der Waals surface area contributed by atoms with E-state index in [1.807, 2.05) is 0 Å². The molecule has 1 rings (SSSR count). The minimum absolute atomic E-state index is 0.0810. The summed E-state index contributed by atoms with van der Waals surface area (Å²) in [6, 6.07) is 3.36. The van der Waals surface area contributed by atoms with Gasteiger partial charge in [0, 0.05) is 11.4 Å².